The zero-order valence-corrected chi connectivity index (χ0v) is 9.92. The van der Waals surface area contributed by atoms with Crippen LogP contribution in [0.1, 0.15) is 13.3 Å². The van der Waals surface area contributed by atoms with Crippen molar-refractivity contribution in [3.63, 3.8) is 0 Å². The van der Waals surface area contributed by atoms with E-state index in [1.807, 2.05) is 0 Å². The average molecular weight is 254 g/mol. The molecule has 0 aromatic carbocycles. The Hall–Kier alpha value is -2.37. The van der Waals surface area contributed by atoms with Gasteiger partial charge in [-0.3, -0.25) is 9.59 Å². The number of carboxylic acid groups (broad SMARTS) is 1. The molecule has 0 aliphatic rings. The van der Waals surface area contributed by atoms with E-state index in [4.69, 9.17) is 5.11 Å². The van der Waals surface area contributed by atoms with Crippen molar-refractivity contribution in [2.75, 3.05) is 0 Å². The Balaban J connectivity index is 5.19. The highest BCUT2D eigenvalue weighted by Crippen LogP contribution is 2.19. The van der Waals surface area contributed by atoms with Crippen molar-refractivity contribution in [3.05, 3.63) is 37.3 Å². The largest absolute Gasteiger partial charge is 0.481 e. The van der Waals surface area contributed by atoms with Crippen molar-refractivity contribution in [3.8, 4) is 0 Å². The molecule has 0 heterocycles. The van der Waals surface area contributed by atoms with Crippen LogP contribution >= 0.6 is 0 Å². The smallest absolute Gasteiger partial charge is 0.339 e. The SMILES string of the molecule is C=COC(=O)C(=CC)C(CC(=O)O)C(=O)OC=C. The highest BCUT2D eigenvalue weighted by Gasteiger charge is 2.31. The highest BCUT2D eigenvalue weighted by molar-refractivity contribution is 5.97. The third kappa shape index (κ3) is 4.65. The molecule has 6 heteroatoms. The summed E-state index contributed by atoms with van der Waals surface area (Å²) in [4.78, 5) is 33.8. The van der Waals surface area contributed by atoms with Crippen LogP contribution in [0.15, 0.2) is 37.3 Å². The van der Waals surface area contributed by atoms with Crippen LogP contribution in [0.2, 0.25) is 0 Å². The third-order valence-electron chi connectivity index (χ3n) is 1.98. The molecule has 18 heavy (non-hydrogen) atoms. The van der Waals surface area contributed by atoms with Crippen molar-refractivity contribution in [1.82, 2.24) is 0 Å². The minimum atomic E-state index is -1.25. The number of hydrogen-bond donors (Lipinski definition) is 1. The van der Waals surface area contributed by atoms with Crippen LogP contribution < -0.4 is 0 Å². The number of carbonyl (C=O) groups is 3. The number of ether oxygens (including phenoxy) is 2. The number of rotatable bonds is 7. The van der Waals surface area contributed by atoms with Crippen molar-refractivity contribution < 1.29 is 29.0 Å². The van der Waals surface area contributed by atoms with Crippen LogP contribution in [0, 0.1) is 5.92 Å². The summed E-state index contributed by atoms with van der Waals surface area (Å²) >= 11 is 0. The number of hydrogen-bond acceptors (Lipinski definition) is 5. The van der Waals surface area contributed by atoms with Gasteiger partial charge >= 0.3 is 17.9 Å². The lowest BCUT2D eigenvalue weighted by atomic mass is 9.95. The Bertz CT molecular complexity index is 393. The number of carboxylic acids is 1. The van der Waals surface area contributed by atoms with Gasteiger partial charge in [0, 0.05) is 5.57 Å². The molecule has 1 atom stereocenters. The maximum atomic E-state index is 11.6. The summed E-state index contributed by atoms with van der Waals surface area (Å²) in [5.74, 6) is -4.23. The van der Waals surface area contributed by atoms with Gasteiger partial charge in [0.2, 0.25) is 0 Å². The number of esters is 2. The topological polar surface area (TPSA) is 89.9 Å². The van der Waals surface area contributed by atoms with E-state index < -0.39 is 30.2 Å². The maximum absolute atomic E-state index is 11.6. The summed E-state index contributed by atoms with van der Waals surface area (Å²) in [5, 5.41) is 8.72. The molecule has 0 fully saturated rings. The first-order valence-electron chi connectivity index (χ1n) is 4.99. The molecule has 0 saturated carbocycles. The van der Waals surface area contributed by atoms with E-state index in [2.05, 4.69) is 22.6 Å². The second-order valence-corrected chi connectivity index (χ2v) is 3.07. The summed E-state index contributed by atoms with van der Waals surface area (Å²) in [6.45, 7) is 7.87. The standard InChI is InChI=1S/C12H14O6/c1-4-8(11(15)17-5-2)9(7-10(13)14)12(16)18-6-3/h4-6,9H,2-3,7H2,1H3,(H,13,14). The van der Waals surface area contributed by atoms with Crippen LogP contribution in [-0.2, 0) is 23.9 Å². The molecule has 0 aliphatic carbocycles. The van der Waals surface area contributed by atoms with Gasteiger partial charge in [-0.1, -0.05) is 19.2 Å². The maximum Gasteiger partial charge on any atom is 0.339 e. The van der Waals surface area contributed by atoms with E-state index in [0.717, 1.165) is 12.5 Å². The second kappa shape index (κ2) is 7.83. The second-order valence-electron chi connectivity index (χ2n) is 3.07. The van der Waals surface area contributed by atoms with E-state index in [0.29, 0.717) is 0 Å². The molecule has 0 aromatic heterocycles. The summed E-state index contributed by atoms with van der Waals surface area (Å²) in [6, 6.07) is 0. The van der Waals surface area contributed by atoms with E-state index >= 15 is 0 Å². The molecule has 0 aromatic rings. The zero-order chi connectivity index (χ0) is 14.1. The minimum absolute atomic E-state index is 0.107. The van der Waals surface area contributed by atoms with E-state index in [-0.39, 0.29) is 5.57 Å². The molecule has 0 spiro atoms. The summed E-state index contributed by atoms with van der Waals surface area (Å²) < 4.78 is 9.02. The summed E-state index contributed by atoms with van der Waals surface area (Å²) in [7, 11) is 0. The van der Waals surface area contributed by atoms with Gasteiger partial charge < -0.3 is 14.6 Å². The highest BCUT2D eigenvalue weighted by atomic mass is 16.5. The van der Waals surface area contributed by atoms with E-state index in [1.54, 1.807) is 0 Å². The van der Waals surface area contributed by atoms with Gasteiger partial charge in [-0.05, 0) is 6.92 Å². The van der Waals surface area contributed by atoms with Gasteiger partial charge in [-0.25, -0.2) is 4.79 Å². The van der Waals surface area contributed by atoms with Crippen LogP contribution in [-0.4, -0.2) is 23.0 Å². The first kappa shape index (κ1) is 15.6. The fourth-order valence-electron chi connectivity index (χ4n) is 1.26. The Morgan fingerprint density at radius 1 is 1.22 bits per heavy atom. The molecule has 1 unspecified atom stereocenters. The molecule has 0 radical (unpaired) electrons. The zero-order valence-electron chi connectivity index (χ0n) is 9.92. The van der Waals surface area contributed by atoms with Crippen molar-refractivity contribution in [2.45, 2.75) is 13.3 Å². The summed E-state index contributed by atoms with van der Waals surface area (Å²) in [5.41, 5.74) is -0.107. The molecule has 6 nitrogen and oxygen atoms in total. The monoisotopic (exact) mass is 254 g/mol. The van der Waals surface area contributed by atoms with Gasteiger partial charge in [0.05, 0.1) is 24.9 Å². The number of aliphatic carboxylic acids is 1. The van der Waals surface area contributed by atoms with Gasteiger partial charge in [0.1, 0.15) is 0 Å². The first-order valence-corrected chi connectivity index (χ1v) is 4.99. The van der Waals surface area contributed by atoms with Gasteiger partial charge in [0.15, 0.2) is 0 Å². The minimum Gasteiger partial charge on any atom is -0.481 e. The third-order valence-corrected chi connectivity index (χ3v) is 1.98. The molecule has 0 amide bonds. The van der Waals surface area contributed by atoms with Crippen LogP contribution in [0.25, 0.3) is 0 Å². The molecular formula is C12H14O6. The van der Waals surface area contributed by atoms with Crippen LogP contribution in [0.5, 0.6) is 0 Å². The van der Waals surface area contributed by atoms with E-state index in [1.165, 1.54) is 13.0 Å². The molecule has 0 aliphatic heterocycles. The van der Waals surface area contributed by atoms with Crippen LogP contribution in [0.4, 0.5) is 0 Å². The van der Waals surface area contributed by atoms with E-state index in [9.17, 15) is 14.4 Å². The van der Waals surface area contributed by atoms with Crippen LogP contribution in [0.3, 0.4) is 0 Å². The Kier molecular flexibility index (Phi) is 6.80. The summed E-state index contributed by atoms with van der Waals surface area (Å²) in [6.07, 6.45) is 2.47. The molecule has 1 N–H and O–H groups in total. The van der Waals surface area contributed by atoms with Crippen molar-refractivity contribution in [1.29, 1.82) is 0 Å². The Morgan fingerprint density at radius 3 is 2.17 bits per heavy atom. The van der Waals surface area contributed by atoms with Crippen molar-refractivity contribution >= 4 is 17.9 Å². The van der Waals surface area contributed by atoms with Crippen molar-refractivity contribution in [2.24, 2.45) is 5.92 Å². The lowest BCUT2D eigenvalue weighted by molar-refractivity contribution is -0.149. The average Bonchev–Trinajstić information content (AvgIpc) is 2.28. The molecule has 0 saturated heterocycles. The molecule has 0 rings (SSSR count). The lowest BCUT2D eigenvalue weighted by Gasteiger charge is -2.14. The quantitative estimate of drug-likeness (QED) is 0.419. The van der Waals surface area contributed by atoms with Gasteiger partial charge in [-0.15, -0.1) is 0 Å². The predicted molar refractivity (Wildman–Crippen MR) is 62.1 cm³/mol. The fraction of sp³-hybridized carbons (Fsp3) is 0.250. The normalized spacial score (nSPS) is 12.2. The van der Waals surface area contributed by atoms with Gasteiger partial charge in [0.25, 0.3) is 0 Å². The molecular weight excluding hydrogens is 240 g/mol. The predicted octanol–water partition coefficient (Wildman–Crippen LogP) is 1.40. The molecule has 0 bridgehead atoms. The number of carbonyl (C=O) groups excluding carboxylic acids is 2. The van der Waals surface area contributed by atoms with Gasteiger partial charge in [-0.2, -0.15) is 0 Å². The number of allylic oxidation sites excluding steroid dienone is 1. The molecule has 98 valence electrons. The first-order chi connectivity index (χ1) is 8.47. The Morgan fingerprint density at radius 2 is 1.78 bits per heavy atom. The fourth-order valence-corrected chi connectivity index (χ4v) is 1.26. The lowest BCUT2D eigenvalue weighted by Crippen LogP contribution is -2.26. The Labute approximate surface area is 104 Å².